The van der Waals surface area contributed by atoms with Crippen LogP contribution in [-0.2, 0) is 0 Å². The molecule has 1 aromatic heterocycles. The third-order valence-corrected chi connectivity index (χ3v) is 2.31. The number of nitrogens with zero attached hydrogens (tertiary/aromatic N) is 2. The van der Waals surface area contributed by atoms with E-state index in [2.05, 4.69) is 22.4 Å². The van der Waals surface area contributed by atoms with Crippen molar-refractivity contribution in [3.63, 3.8) is 0 Å². The Morgan fingerprint density at radius 2 is 2.25 bits per heavy atom. The van der Waals surface area contributed by atoms with Crippen molar-refractivity contribution < 1.29 is 4.42 Å². The van der Waals surface area contributed by atoms with E-state index in [1.807, 2.05) is 0 Å². The second-order valence-corrected chi connectivity index (χ2v) is 3.48. The summed E-state index contributed by atoms with van der Waals surface area (Å²) in [6.45, 7) is 2.14. The van der Waals surface area contributed by atoms with Crippen molar-refractivity contribution in [1.82, 2.24) is 10.2 Å². The number of anilines is 2. The zero-order chi connectivity index (χ0) is 8.60. The molecule has 12 heavy (non-hydrogen) atoms. The van der Waals surface area contributed by atoms with Crippen LogP contribution in [0.2, 0.25) is 0 Å². The van der Waals surface area contributed by atoms with Gasteiger partial charge in [0.1, 0.15) is 0 Å². The van der Waals surface area contributed by atoms with E-state index in [9.17, 15) is 0 Å². The van der Waals surface area contributed by atoms with Gasteiger partial charge in [-0.05, 0) is 26.2 Å². The lowest BCUT2D eigenvalue weighted by atomic mass is 9.79. The summed E-state index contributed by atoms with van der Waals surface area (Å²) in [5.41, 5.74) is 5.41. The average Bonchev–Trinajstić information content (AvgIpc) is 2.32. The number of nitrogens with one attached hydrogen (secondary N) is 1. The van der Waals surface area contributed by atoms with Crippen molar-refractivity contribution in [2.45, 2.75) is 31.7 Å². The van der Waals surface area contributed by atoms with Crippen LogP contribution in [0.1, 0.15) is 26.2 Å². The van der Waals surface area contributed by atoms with Crippen LogP contribution in [0.15, 0.2) is 4.42 Å². The molecule has 0 radical (unpaired) electrons. The minimum absolute atomic E-state index is 0.112. The molecule has 2 rings (SSSR count). The molecule has 0 spiro atoms. The maximum Gasteiger partial charge on any atom is 0.317 e. The molecule has 3 N–H and O–H groups in total. The molecule has 0 unspecified atom stereocenters. The molecule has 0 atom stereocenters. The number of hydrogen-bond donors (Lipinski definition) is 2. The second-order valence-electron chi connectivity index (χ2n) is 3.48. The highest BCUT2D eigenvalue weighted by Gasteiger charge is 2.32. The van der Waals surface area contributed by atoms with Gasteiger partial charge in [0.25, 0.3) is 0 Å². The summed E-state index contributed by atoms with van der Waals surface area (Å²) in [4.78, 5) is 0. The topological polar surface area (TPSA) is 77.0 Å². The molecular formula is C7H12N4O. The predicted molar refractivity (Wildman–Crippen MR) is 44.6 cm³/mol. The van der Waals surface area contributed by atoms with E-state index in [1.165, 1.54) is 6.42 Å². The zero-order valence-corrected chi connectivity index (χ0v) is 7.00. The highest BCUT2D eigenvalue weighted by Crippen LogP contribution is 2.34. The first-order chi connectivity index (χ1) is 5.68. The third kappa shape index (κ3) is 1.22. The van der Waals surface area contributed by atoms with Crippen LogP contribution in [0.4, 0.5) is 12.0 Å². The minimum Gasteiger partial charge on any atom is -0.390 e. The maximum absolute atomic E-state index is 5.28. The molecule has 1 saturated carbocycles. The molecule has 1 aliphatic carbocycles. The molecule has 1 heterocycles. The van der Waals surface area contributed by atoms with Gasteiger partial charge in [0.05, 0.1) is 0 Å². The van der Waals surface area contributed by atoms with Gasteiger partial charge in [0.2, 0.25) is 0 Å². The Bertz CT molecular complexity index is 279. The van der Waals surface area contributed by atoms with Gasteiger partial charge >= 0.3 is 12.0 Å². The Labute approximate surface area is 70.3 Å². The molecule has 0 bridgehead atoms. The van der Waals surface area contributed by atoms with Gasteiger partial charge in [0, 0.05) is 5.54 Å². The Morgan fingerprint density at radius 3 is 2.67 bits per heavy atom. The van der Waals surface area contributed by atoms with Crippen molar-refractivity contribution in [2.24, 2.45) is 0 Å². The summed E-state index contributed by atoms with van der Waals surface area (Å²) in [6.07, 6.45) is 3.55. The lowest BCUT2D eigenvalue weighted by Crippen LogP contribution is -2.41. The van der Waals surface area contributed by atoms with E-state index < -0.39 is 0 Å². The number of nitrogens with two attached hydrogens (primary N) is 1. The van der Waals surface area contributed by atoms with Gasteiger partial charge in [-0.3, -0.25) is 0 Å². The van der Waals surface area contributed by atoms with Gasteiger partial charge in [-0.1, -0.05) is 10.2 Å². The molecule has 66 valence electrons. The summed E-state index contributed by atoms with van der Waals surface area (Å²) in [6, 6.07) is 0.537. The lowest BCUT2D eigenvalue weighted by Gasteiger charge is -2.38. The Morgan fingerprint density at radius 1 is 1.50 bits per heavy atom. The maximum atomic E-state index is 5.28. The van der Waals surface area contributed by atoms with Crippen LogP contribution in [-0.4, -0.2) is 15.7 Å². The first-order valence-corrected chi connectivity index (χ1v) is 4.05. The largest absolute Gasteiger partial charge is 0.390 e. The standard InChI is InChI=1S/C7H12N4O/c1-7(3-2-4-7)9-6-11-10-5(8)12-6/h2-4H2,1H3,(H2,8,10)(H,9,11). The van der Waals surface area contributed by atoms with Crippen molar-refractivity contribution in [1.29, 1.82) is 0 Å². The highest BCUT2D eigenvalue weighted by atomic mass is 16.4. The average molecular weight is 168 g/mol. The molecule has 5 nitrogen and oxygen atoms in total. The number of hydrogen-bond acceptors (Lipinski definition) is 5. The minimum atomic E-state index is 0.112. The van der Waals surface area contributed by atoms with Crippen LogP contribution < -0.4 is 11.1 Å². The number of nitrogen functional groups attached to an aromatic ring is 1. The monoisotopic (exact) mass is 168 g/mol. The normalized spacial score (nSPS) is 20.1. The van der Waals surface area contributed by atoms with Crippen molar-refractivity contribution in [3.05, 3.63) is 0 Å². The summed E-state index contributed by atoms with van der Waals surface area (Å²) in [7, 11) is 0. The van der Waals surface area contributed by atoms with Crippen LogP contribution in [0, 0.1) is 0 Å². The second kappa shape index (κ2) is 2.36. The smallest absolute Gasteiger partial charge is 0.317 e. The molecule has 1 fully saturated rings. The summed E-state index contributed by atoms with van der Waals surface area (Å²) in [5.74, 6) is 0. The fraction of sp³-hybridized carbons (Fsp3) is 0.714. The summed E-state index contributed by atoms with van der Waals surface area (Å²) < 4.78 is 5.00. The van der Waals surface area contributed by atoms with Gasteiger partial charge in [-0.15, -0.1) is 0 Å². The molecule has 1 aliphatic rings. The van der Waals surface area contributed by atoms with E-state index in [-0.39, 0.29) is 11.6 Å². The molecular weight excluding hydrogens is 156 g/mol. The molecule has 0 aromatic carbocycles. The SMILES string of the molecule is CC1(Nc2nnc(N)o2)CCC1. The van der Waals surface area contributed by atoms with Crippen LogP contribution >= 0.6 is 0 Å². The number of aromatic nitrogens is 2. The van der Waals surface area contributed by atoms with Gasteiger partial charge in [0.15, 0.2) is 0 Å². The van der Waals surface area contributed by atoms with E-state index in [0.717, 1.165) is 12.8 Å². The zero-order valence-electron chi connectivity index (χ0n) is 7.00. The quantitative estimate of drug-likeness (QED) is 0.689. The fourth-order valence-corrected chi connectivity index (χ4v) is 1.38. The third-order valence-electron chi connectivity index (χ3n) is 2.31. The van der Waals surface area contributed by atoms with Gasteiger partial charge in [-0.2, -0.15) is 0 Å². The summed E-state index contributed by atoms with van der Waals surface area (Å²) >= 11 is 0. The van der Waals surface area contributed by atoms with E-state index in [0.29, 0.717) is 6.01 Å². The van der Waals surface area contributed by atoms with Crippen LogP contribution in [0.25, 0.3) is 0 Å². The lowest BCUT2D eigenvalue weighted by molar-refractivity contribution is 0.298. The molecule has 1 aromatic rings. The van der Waals surface area contributed by atoms with E-state index in [4.69, 9.17) is 10.2 Å². The van der Waals surface area contributed by atoms with Gasteiger partial charge < -0.3 is 15.5 Å². The van der Waals surface area contributed by atoms with Gasteiger partial charge in [-0.25, -0.2) is 0 Å². The van der Waals surface area contributed by atoms with Crippen molar-refractivity contribution in [2.75, 3.05) is 11.1 Å². The first-order valence-electron chi connectivity index (χ1n) is 4.05. The van der Waals surface area contributed by atoms with E-state index >= 15 is 0 Å². The Hall–Kier alpha value is -1.26. The van der Waals surface area contributed by atoms with Crippen LogP contribution in [0.3, 0.4) is 0 Å². The highest BCUT2D eigenvalue weighted by molar-refractivity contribution is 5.28. The molecule has 0 aliphatic heterocycles. The van der Waals surface area contributed by atoms with Crippen molar-refractivity contribution in [3.8, 4) is 0 Å². The predicted octanol–water partition coefficient (Wildman–Crippen LogP) is 1.01. The van der Waals surface area contributed by atoms with E-state index in [1.54, 1.807) is 0 Å². The Kier molecular flexibility index (Phi) is 1.46. The van der Waals surface area contributed by atoms with Crippen LogP contribution in [0.5, 0.6) is 0 Å². The molecule has 0 amide bonds. The fourth-order valence-electron chi connectivity index (χ4n) is 1.38. The number of rotatable bonds is 2. The summed E-state index contributed by atoms with van der Waals surface area (Å²) in [5, 5.41) is 10.4. The molecule has 5 heteroatoms. The van der Waals surface area contributed by atoms with Crippen molar-refractivity contribution >= 4 is 12.0 Å². The first kappa shape index (κ1) is 7.39. The Balaban J connectivity index is 2.03. The molecule has 0 saturated heterocycles.